The Morgan fingerprint density at radius 3 is 1.96 bits per heavy atom. The predicted octanol–water partition coefficient (Wildman–Crippen LogP) is 7.01. The van der Waals surface area contributed by atoms with Crippen molar-refractivity contribution in [3.63, 3.8) is 0 Å². The van der Waals surface area contributed by atoms with E-state index in [1.54, 1.807) is 65.8 Å². The van der Waals surface area contributed by atoms with Crippen LogP contribution in [-0.2, 0) is 30.3 Å². The van der Waals surface area contributed by atoms with Gasteiger partial charge in [0.15, 0.2) is 0 Å². The van der Waals surface area contributed by atoms with Gasteiger partial charge in [0.2, 0.25) is 11.8 Å². The molecule has 3 unspecified atom stereocenters. The zero-order valence-electron chi connectivity index (χ0n) is 30.1. The van der Waals surface area contributed by atoms with Crippen LogP contribution in [0.2, 0.25) is 0 Å². The van der Waals surface area contributed by atoms with E-state index in [-0.39, 0.29) is 12.3 Å². The highest BCUT2D eigenvalue weighted by Crippen LogP contribution is 2.34. The van der Waals surface area contributed by atoms with Gasteiger partial charge in [-0.1, -0.05) is 82.0 Å². The Kier molecular flexibility index (Phi) is 13.4. The zero-order valence-corrected chi connectivity index (χ0v) is 30.1. The van der Waals surface area contributed by atoms with Crippen LogP contribution in [0.4, 0.5) is 4.79 Å². The lowest BCUT2D eigenvalue weighted by atomic mass is 9.89. The molecular weight excluding hydrogens is 594 g/mol. The molecule has 2 aromatic carbocycles. The molecule has 0 saturated carbocycles. The summed E-state index contributed by atoms with van der Waals surface area (Å²) in [5.41, 5.74) is -0.331. The van der Waals surface area contributed by atoms with Crippen LogP contribution in [0.5, 0.6) is 0 Å². The maximum Gasteiger partial charge on any atom is 0.408 e. The molecule has 0 aliphatic rings. The molecule has 0 aromatic heterocycles. The molecular formula is C38H55N3O6. The SMILES string of the molecule is C=Cc1cccc(C(C(=O)NC(Cc2ccccc2)C(=O)OC(C)(C)C)N(C(=O)C(NC(=O)OC(C)(C)C)C(C)C)C(C)(C)CC)c1. The number of esters is 1. The zero-order chi connectivity index (χ0) is 35.7. The predicted molar refractivity (Wildman–Crippen MR) is 186 cm³/mol. The number of nitrogens with one attached hydrogen (secondary N) is 2. The van der Waals surface area contributed by atoms with Gasteiger partial charge in [-0.05, 0) is 90.5 Å². The van der Waals surface area contributed by atoms with Crippen molar-refractivity contribution in [2.45, 2.75) is 124 Å². The average Bonchev–Trinajstić information content (AvgIpc) is 2.96. The lowest BCUT2D eigenvalue weighted by Gasteiger charge is -2.45. The highest BCUT2D eigenvalue weighted by molar-refractivity contribution is 5.94. The number of rotatable bonds is 13. The van der Waals surface area contributed by atoms with Gasteiger partial charge in [-0.15, -0.1) is 0 Å². The molecule has 9 nitrogen and oxygen atoms in total. The van der Waals surface area contributed by atoms with Crippen molar-refractivity contribution in [1.29, 1.82) is 0 Å². The van der Waals surface area contributed by atoms with E-state index in [1.807, 2.05) is 71.0 Å². The molecule has 47 heavy (non-hydrogen) atoms. The first-order valence-electron chi connectivity index (χ1n) is 16.3. The van der Waals surface area contributed by atoms with Gasteiger partial charge in [0.1, 0.15) is 29.3 Å². The summed E-state index contributed by atoms with van der Waals surface area (Å²) >= 11 is 0. The van der Waals surface area contributed by atoms with Gasteiger partial charge in [-0.2, -0.15) is 0 Å². The topological polar surface area (TPSA) is 114 Å². The molecule has 0 fully saturated rings. The molecule has 3 atom stereocenters. The molecule has 2 aromatic rings. The van der Waals surface area contributed by atoms with E-state index in [1.165, 1.54) is 4.90 Å². The third-order valence-electron chi connectivity index (χ3n) is 7.62. The van der Waals surface area contributed by atoms with Crippen molar-refractivity contribution in [2.24, 2.45) is 5.92 Å². The highest BCUT2D eigenvalue weighted by Gasteiger charge is 2.45. The molecule has 0 spiro atoms. The van der Waals surface area contributed by atoms with Crippen LogP contribution in [0.3, 0.4) is 0 Å². The molecule has 9 heteroatoms. The van der Waals surface area contributed by atoms with Crippen LogP contribution < -0.4 is 10.6 Å². The van der Waals surface area contributed by atoms with E-state index in [2.05, 4.69) is 17.2 Å². The van der Waals surface area contributed by atoms with Gasteiger partial charge >= 0.3 is 12.1 Å². The maximum atomic E-state index is 14.7. The molecule has 0 saturated heterocycles. The lowest BCUT2D eigenvalue weighted by molar-refractivity contribution is -0.159. The van der Waals surface area contributed by atoms with Crippen LogP contribution in [0.15, 0.2) is 61.2 Å². The number of alkyl carbamates (subject to hydrolysis) is 1. The number of ether oxygens (including phenoxy) is 2. The van der Waals surface area contributed by atoms with Crippen LogP contribution in [0.25, 0.3) is 6.08 Å². The molecule has 3 amide bonds. The van der Waals surface area contributed by atoms with E-state index in [0.717, 1.165) is 11.1 Å². The quantitative estimate of drug-likeness (QED) is 0.226. The molecule has 0 heterocycles. The third kappa shape index (κ3) is 11.9. The largest absolute Gasteiger partial charge is 0.458 e. The molecule has 258 valence electrons. The fourth-order valence-electron chi connectivity index (χ4n) is 4.98. The number of amides is 3. The van der Waals surface area contributed by atoms with Crippen LogP contribution in [-0.4, -0.2) is 57.6 Å². The van der Waals surface area contributed by atoms with Crippen molar-refractivity contribution < 1.29 is 28.7 Å². The number of nitrogens with zero attached hydrogens (tertiary/aromatic N) is 1. The Morgan fingerprint density at radius 1 is 0.851 bits per heavy atom. The second-order valence-electron chi connectivity index (χ2n) is 14.8. The number of carbonyl (C=O) groups excluding carboxylic acids is 4. The Bertz CT molecular complexity index is 1390. The van der Waals surface area contributed by atoms with Gasteiger partial charge in [0, 0.05) is 12.0 Å². The molecule has 0 radical (unpaired) electrons. The van der Waals surface area contributed by atoms with Crippen molar-refractivity contribution in [2.75, 3.05) is 0 Å². The number of carbonyl (C=O) groups is 4. The Labute approximate surface area is 281 Å². The fraction of sp³-hybridized carbons (Fsp3) is 0.526. The Morgan fingerprint density at radius 2 is 1.45 bits per heavy atom. The van der Waals surface area contributed by atoms with Crippen molar-refractivity contribution in [3.8, 4) is 0 Å². The molecule has 2 rings (SSSR count). The van der Waals surface area contributed by atoms with Crippen LogP contribution in [0, 0.1) is 5.92 Å². The number of hydrogen-bond acceptors (Lipinski definition) is 6. The summed E-state index contributed by atoms with van der Waals surface area (Å²) in [6.07, 6.45) is 1.60. The first-order valence-corrected chi connectivity index (χ1v) is 16.3. The molecule has 2 N–H and O–H groups in total. The fourth-order valence-corrected chi connectivity index (χ4v) is 4.98. The van der Waals surface area contributed by atoms with Crippen molar-refractivity contribution in [3.05, 3.63) is 77.9 Å². The normalized spacial score (nSPS) is 14.0. The van der Waals surface area contributed by atoms with E-state index < -0.39 is 58.7 Å². The summed E-state index contributed by atoms with van der Waals surface area (Å²) in [6, 6.07) is 13.3. The summed E-state index contributed by atoms with van der Waals surface area (Å²) < 4.78 is 11.2. The second kappa shape index (κ2) is 16.1. The van der Waals surface area contributed by atoms with E-state index in [0.29, 0.717) is 12.0 Å². The average molecular weight is 650 g/mol. The van der Waals surface area contributed by atoms with Crippen LogP contribution in [0.1, 0.15) is 105 Å². The van der Waals surface area contributed by atoms with Gasteiger partial charge in [-0.3, -0.25) is 9.59 Å². The van der Waals surface area contributed by atoms with Crippen molar-refractivity contribution >= 4 is 30.0 Å². The monoisotopic (exact) mass is 649 g/mol. The summed E-state index contributed by atoms with van der Waals surface area (Å²) in [4.78, 5) is 57.4. The minimum atomic E-state index is -1.18. The Balaban J connectivity index is 2.73. The van der Waals surface area contributed by atoms with Gasteiger partial charge < -0.3 is 25.0 Å². The number of hydrogen-bond donors (Lipinski definition) is 2. The summed E-state index contributed by atoms with van der Waals surface area (Å²) in [5.74, 6) is -1.96. The van der Waals surface area contributed by atoms with Gasteiger partial charge in [0.25, 0.3) is 0 Å². The van der Waals surface area contributed by atoms with E-state index >= 15 is 0 Å². The minimum absolute atomic E-state index is 0.181. The summed E-state index contributed by atoms with van der Waals surface area (Å²) in [7, 11) is 0. The highest BCUT2D eigenvalue weighted by atomic mass is 16.6. The third-order valence-corrected chi connectivity index (χ3v) is 7.62. The van der Waals surface area contributed by atoms with Gasteiger partial charge in [0.05, 0.1) is 0 Å². The standard InChI is InChI=1S/C38H55N3O6/c1-13-26-21-18-22-28(23-26)31(32(42)39-29(34(44)46-36(5,6)7)24-27-19-16-15-17-20-27)41(38(11,12)14-2)33(43)30(25(3)4)40-35(45)47-37(8,9)10/h13,15-23,25,29-31H,1,14,24H2,2-12H3,(H,39,42)(H,40,45). The smallest absolute Gasteiger partial charge is 0.408 e. The first kappa shape index (κ1) is 39.0. The molecule has 0 aliphatic carbocycles. The Hall–Kier alpha value is -4.14. The summed E-state index contributed by atoms with van der Waals surface area (Å²) in [6.45, 7) is 23.8. The first-order chi connectivity index (χ1) is 21.7. The molecule has 0 bridgehead atoms. The minimum Gasteiger partial charge on any atom is -0.458 e. The van der Waals surface area contributed by atoms with E-state index in [9.17, 15) is 19.2 Å². The molecule has 0 aliphatic heterocycles. The van der Waals surface area contributed by atoms with Crippen molar-refractivity contribution in [1.82, 2.24) is 15.5 Å². The summed E-state index contributed by atoms with van der Waals surface area (Å²) in [5, 5.41) is 5.71. The second-order valence-corrected chi connectivity index (χ2v) is 14.8. The van der Waals surface area contributed by atoms with Crippen LogP contribution >= 0.6 is 0 Å². The lowest BCUT2D eigenvalue weighted by Crippen LogP contribution is -2.61. The van der Waals surface area contributed by atoms with E-state index in [4.69, 9.17) is 9.47 Å². The maximum absolute atomic E-state index is 14.7. The number of benzene rings is 2. The van der Waals surface area contributed by atoms with Gasteiger partial charge in [-0.25, -0.2) is 9.59 Å².